The molecule has 1 fully saturated rings. The zero-order valence-corrected chi connectivity index (χ0v) is 11.3. The van der Waals surface area contributed by atoms with Crippen molar-refractivity contribution in [2.45, 2.75) is 38.6 Å². The van der Waals surface area contributed by atoms with E-state index in [4.69, 9.17) is 0 Å². The fraction of sp³-hybridized carbons (Fsp3) is 0.438. The largest absolute Gasteiger partial charge is 0.322 e. The average Bonchev–Trinajstić information content (AvgIpc) is 2.92. The number of nitrogens with one attached hydrogen (secondary N) is 2. The van der Waals surface area contributed by atoms with Crippen LogP contribution in [0.5, 0.6) is 0 Å². The van der Waals surface area contributed by atoms with Gasteiger partial charge in [0.2, 0.25) is 0 Å². The van der Waals surface area contributed by atoms with Crippen molar-refractivity contribution in [1.29, 1.82) is 0 Å². The first-order chi connectivity index (χ1) is 9.26. The summed E-state index contributed by atoms with van der Waals surface area (Å²) in [6.45, 7) is 3.23. The van der Waals surface area contributed by atoms with Crippen LogP contribution in [-0.2, 0) is 12.8 Å². The minimum atomic E-state index is 0.0606. The molecular weight excluding hydrogens is 236 g/mol. The average molecular weight is 256 g/mol. The summed E-state index contributed by atoms with van der Waals surface area (Å²) in [5.74, 6) is 0. The van der Waals surface area contributed by atoms with Crippen LogP contribution in [0.15, 0.2) is 29.1 Å². The van der Waals surface area contributed by atoms with Crippen LogP contribution in [0.2, 0.25) is 0 Å². The SMILES string of the molecule is CCc1ccc2[nH]c(=O)c(CC3CCCN3)cc2c1. The first-order valence-electron chi connectivity index (χ1n) is 7.14. The second-order valence-corrected chi connectivity index (χ2v) is 5.40. The molecule has 1 atom stereocenters. The molecule has 1 aromatic heterocycles. The second kappa shape index (κ2) is 5.17. The lowest BCUT2D eigenvalue weighted by Crippen LogP contribution is -2.27. The fourth-order valence-corrected chi connectivity index (χ4v) is 2.87. The number of aryl methyl sites for hydroxylation is 1. The van der Waals surface area contributed by atoms with Crippen LogP contribution >= 0.6 is 0 Å². The Hall–Kier alpha value is -1.61. The van der Waals surface area contributed by atoms with Crippen molar-refractivity contribution in [3.63, 3.8) is 0 Å². The predicted octanol–water partition coefficient (Wildman–Crippen LogP) is 2.39. The van der Waals surface area contributed by atoms with Crippen molar-refractivity contribution in [2.24, 2.45) is 0 Å². The van der Waals surface area contributed by atoms with Gasteiger partial charge in [-0.15, -0.1) is 0 Å². The molecule has 1 aliphatic heterocycles. The van der Waals surface area contributed by atoms with Gasteiger partial charge in [0, 0.05) is 17.1 Å². The van der Waals surface area contributed by atoms with Gasteiger partial charge in [-0.3, -0.25) is 4.79 Å². The van der Waals surface area contributed by atoms with E-state index in [1.54, 1.807) is 0 Å². The Labute approximate surface area is 113 Å². The third-order valence-electron chi connectivity index (χ3n) is 4.02. The molecule has 0 amide bonds. The van der Waals surface area contributed by atoms with Crippen LogP contribution in [0.1, 0.15) is 30.9 Å². The van der Waals surface area contributed by atoms with Crippen LogP contribution in [0.25, 0.3) is 10.9 Å². The summed E-state index contributed by atoms with van der Waals surface area (Å²) in [5.41, 5.74) is 3.21. The van der Waals surface area contributed by atoms with Gasteiger partial charge in [0.1, 0.15) is 0 Å². The van der Waals surface area contributed by atoms with Crippen molar-refractivity contribution in [3.8, 4) is 0 Å². The normalized spacial score (nSPS) is 19.1. The monoisotopic (exact) mass is 256 g/mol. The Morgan fingerprint density at radius 1 is 1.32 bits per heavy atom. The molecule has 0 aliphatic carbocycles. The molecule has 1 saturated heterocycles. The molecule has 19 heavy (non-hydrogen) atoms. The van der Waals surface area contributed by atoms with Gasteiger partial charge >= 0.3 is 0 Å². The van der Waals surface area contributed by atoms with Gasteiger partial charge < -0.3 is 10.3 Å². The van der Waals surface area contributed by atoms with Gasteiger partial charge in [-0.25, -0.2) is 0 Å². The highest BCUT2D eigenvalue weighted by atomic mass is 16.1. The molecule has 0 spiro atoms. The molecule has 0 radical (unpaired) electrons. The van der Waals surface area contributed by atoms with Gasteiger partial charge in [0.05, 0.1) is 0 Å². The lowest BCUT2D eigenvalue weighted by Gasteiger charge is -2.10. The van der Waals surface area contributed by atoms with E-state index in [1.165, 1.54) is 18.4 Å². The minimum absolute atomic E-state index is 0.0606. The van der Waals surface area contributed by atoms with E-state index >= 15 is 0 Å². The summed E-state index contributed by atoms with van der Waals surface area (Å²) in [6.07, 6.45) is 4.25. The number of H-pyrrole nitrogens is 1. The van der Waals surface area contributed by atoms with Crippen molar-refractivity contribution >= 4 is 10.9 Å². The van der Waals surface area contributed by atoms with Gasteiger partial charge in [0.15, 0.2) is 0 Å². The Balaban J connectivity index is 1.98. The third kappa shape index (κ3) is 2.56. The number of aromatic amines is 1. The predicted molar refractivity (Wildman–Crippen MR) is 78.7 cm³/mol. The van der Waals surface area contributed by atoms with E-state index in [0.29, 0.717) is 6.04 Å². The first kappa shape index (κ1) is 12.4. The van der Waals surface area contributed by atoms with Crippen LogP contribution in [0.4, 0.5) is 0 Å². The highest BCUT2D eigenvalue weighted by molar-refractivity contribution is 5.79. The lowest BCUT2D eigenvalue weighted by molar-refractivity contribution is 0.600. The fourth-order valence-electron chi connectivity index (χ4n) is 2.87. The molecule has 0 bridgehead atoms. The van der Waals surface area contributed by atoms with E-state index in [9.17, 15) is 4.79 Å². The molecule has 3 heteroatoms. The lowest BCUT2D eigenvalue weighted by atomic mass is 10.0. The number of aromatic nitrogens is 1. The van der Waals surface area contributed by atoms with E-state index in [2.05, 4.69) is 35.4 Å². The molecule has 0 saturated carbocycles. The van der Waals surface area contributed by atoms with Crippen molar-refractivity contribution in [1.82, 2.24) is 10.3 Å². The molecular formula is C16H20N2O. The topological polar surface area (TPSA) is 44.9 Å². The molecule has 2 aromatic rings. The van der Waals surface area contributed by atoms with Crippen molar-refractivity contribution in [3.05, 3.63) is 45.7 Å². The number of pyridine rings is 1. The van der Waals surface area contributed by atoms with Crippen LogP contribution < -0.4 is 10.9 Å². The molecule has 1 aromatic carbocycles. The Bertz CT molecular complexity index is 639. The maximum Gasteiger partial charge on any atom is 0.251 e. The summed E-state index contributed by atoms with van der Waals surface area (Å²) in [4.78, 5) is 15.1. The van der Waals surface area contributed by atoms with Crippen LogP contribution in [-0.4, -0.2) is 17.6 Å². The molecule has 3 rings (SSSR count). The smallest absolute Gasteiger partial charge is 0.251 e. The van der Waals surface area contributed by atoms with Crippen LogP contribution in [0.3, 0.4) is 0 Å². The highest BCUT2D eigenvalue weighted by Crippen LogP contribution is 2.16. The first-order valence-corrected chi connectivity index (χ1v) is 7.14. The number of hydrogen-bond acceptors (Lipinski definition) is 2. The summed E-state index contributed by atoms with van der Waals surface area (Å²) in [6, 6.07) is 8.79. The van der Waals surface area contributed by atoms with Crippen LogP contribution in [0, 0.1) is 0 Å². The van der Waals surface area contributed by atoms with Crippen molar-refractivity contribution in [2.75, 3.05) is 6.54 Å². The number of benzene rings is 1. The quantitative estimate of drug-likeness (QED) is 0.885. The van der Waals surface area contributed by atoms with Gasteiger partial charge in [-0.1, -0.05) is 13.0 Å². The zero-order valence-electron chi connectivity index (χ0n) is 11.3. The van der Waals surface area contributed by atoms with Gasteiger partial charge in [-0.2, -0.15) is 0 Å². The maximum atomic E-state index is 12.1. The minimum Gasteiger partial charge on any atom is -0.322 e. The molecule has 100 valence electrons. The number of hydrogen-bond donors (Lipinski definition) is 2. The molecule has 2 heterocycles. The summed E-state index contributed by atoms with van der Waals surface area (Å²) >= 11 is 0. The molecule has 1 unspecified atom stereocenters. The van der Waals surface area contributed by atoms with E-state index < -0.39 is 0 Å². The summed E-state index contributed by atoms with van der Waals surface area (Å²) in [5, 5.41) is 4.60. The van der Waals surface area contributed by atoms with E-state index in [-0.39, 0.29) is 5.56 Å². The zero-order chi connectivity index (χ0) is 13.2. The Kier molecular flexibility index (Phi) is 3.38. The second-order valence-electron chi connectivity index (χ2n) is 5.40. The third-order valence-corrected chi connectivity index (χ3v) is 4.02. The molecule has 3 nitrogen and oxygen atoms in total. The summed E-state index contributed by atoms with van der Waals surface area (Å²) in [7, 11) is 0. The Morgan fingerprint density at radius 3 is 2.95 bits per heavy atom. The standard InChI is InChI=1S/C16H20N2O/c1-2-11-5-6-15-12(8-11)9-13(16(19)18-15)10-14-4-3-7-17-14/h5-6,8-9,14,17H,2-4,7,10H2,1H3,(H,18,19). The van der Waals surface area contributed by atoms with E-state index in [0.717, 1.165) is 35.9 Å². The number of fused-ring (bicyclic) bond motifs is 1. The summed E-state index contributed by atoms with van der Waals surface area (Å²) < 4.78 is 0. The maximum absolute atomic E-state index is 12.1. The molecule has 1 aliphatic rings. The van der Waals surface area contributed by atoms with Gasteiger partial charge in [-0.05, 0) is 61.4 Å². The molecule has 2 N–H and O–H groups in total. The highest BCUT2D eigenvalue weighted by Gasteiger charge is 2.16. The van der Waals surface area contributed by atoms with Crippen molar-refractivity contribution < 1.29 is 0 Å². The number of rotatable bonds is 3. The Morgan fingerprint density at radius 2 is 2.21 bits per heavy atom. The van der Waals surface area contributed by atoms with E-state index in [1.807, 2.05) is 6.07 Å². The van der Waals surface area contributed by atoms with Gasteiger partial charge in [0.25, 0.3) is 5.56 Å².